The summed E-state index contributed by atoms with van der Waals surface area (Å²) in [4.78, 5) is 0. The maximum Gasteiger partial charge on any atom is 0.121 e. The summed E-state index contributed by atoms with van der Waals surface area (Å²) in [6.07, 6.45) is 0. The lowest BCUT2D eigenvalue weighted by Gasteiger charge is -2.11. The molecule has 0 aromatic heterocycles. The zero-order chi connectivity index (χ0) is 9.84. The molecule has 1 atom stereocenters. The highest BCUT2D eigenvalue weighted by atomic mass is 16.5. The number of aryl methyl sites for hydroxylation is 1. The highest BCUT2D eigenvalue weighted by Crippen LogP contribution is 2.21. The van der Waals surface area contributed by atoms with Gasteiger partial charge in [0.25, 0.3) is 0 Å². The Balaban J connectivity index is 2.95. The molecule has 0 aliphatic carbocycles. The summed E-state index contributed by atoms with van der Waals surface area (Å²) in [5, 5.41) is 8.85. The first-order valence-electron chi connectivity index (χ1n) is 4.20. The van der Waals surface area contributed by atoms with Crippen molar-refractivity contribution in [1.29, 1.82) is 0 Å². The molecule has 0 unspecified atom stereocenters. The van der Waals surface area contributed by atoms with Crippen molar-refractivity contribution >= 4 is 0 Å². The van der Waals surface area contributed by atoms with Crippen molar-refractivity contribution < 1.29 is 9.84 Å². The number of nitrogens with two attached hydrogens (primary N) is 1. The fourth-order valence-corrected chi connectivity index (χ4v) is 1.24. The minimum absolute atomic E-state index is 0.0359. The van der Waals surface area contributed by atoms with Gasteiger partial charge in [0, 0.05) is 0 Å². The molecule has 0 aliphatic heterocycles. The van der Waals surface area contributed by atoms with E-state index in [1.54, 1.807) is 7.11 Å². The third-order valence-corrected chi connectivity index (χ3v) is 2.04. The van der Waals surface area contributed by atoms with E-state index in [2.05, 4.69) is 0 Å². The second kappa shape index (κ2) is 4.25. The molecule has 0 spiro atoms. The first-order chi connectivity index (χ1) is 6.19. The van der Waals surface area contributed by atoms with Crippen LogP contribution in [0.2, 0.25) is 0 Å². The summed E-state index contributed by atoms with van der Waals surface area (Å²) < 4.78 is 5.11. The second-order valence-electron chi connectivity index (χ2n) is 3.02. The normalized spacial score (nSPS) is 12.6. The summed E-state index contributed by atoms with van der Waals surface area (Å²) in [6.45, 7) is 1.91. The predicted octanol–water partition coefficient (Wildman–Crippen LogP) is 0.996. The summed E-state index contributed by atoms with van der Waals surface area (Å²) >= 11 is 0. The van der Waals surface area contributed by atoms with Crippen molar-refractivity contribution in [2.45, 2.75) is 13.0 Å². The van der Waals surface area contributed by atoms with Gasteiger partial charge in [-0.15, -0.1) is 0 Å². The van der Waals surface area contributed by atoms with Gasteiger partial charge in [-0.05, 0) is 24.1 Å². The molecule has 1 rings (SSSR count). The summed E-state index contributed by atoms with van der Waals surface area (Å²) in [5.41, 5.74) is 7.63. The van der Waals surface area contributed by atoms with E-state index in [4.69, 9.17) is 15.6 Å². The molecule has 1 aromatic rings. The Morgan fingerprint density at radius 1 is 1.54 bits per heavy atom. The second-order valence-corrected chi connectivity index (χ2v) is 3.02. The lowest BCUT2D eigenvalue weighted by molar-refractivity contribution is 0.268. The third kappa shape index (κ3) is 2.20. The molecule has 0 fully saturated rings. The quantitative estimate of drug-likeness (QED) is 0.731. The summed E-state index contributed by atoms with van der Waals surface area (Å²) in [6, 6.07) is 5.36. The molecule has 72 valence electrons. The molecule has 0 saturated heterocycles. The summed E-state index contributed by atoms with van der Waals surface area (Å²) in [7, 11) is 1.63. The van der Waals surface area contributed by atoms with Crippen molar-refractivity contribution in [1.82, 2.24) is 0 Å². The molecule has 3 N–H and O–H groups in total. The Hall–Kier alpha value is -1.06. The van der Waals surface area contributed by atoms with Crippen LogP contribution >= 0.6 is 0 Å². The average Bonchev–Trinajstić information content (AvgIpc) is 2.16. The van der Waals surface area contributed by atoms with Crippen LogP contribution in [-0.4, -0.2) is 18.8 Å². The van der Waals surface area contributed by atoms with E-state index in [1.165, 1.54) is 0 Å². The number of rotatable bonds is 3. The molecular weight excluding hydrogens is 166 g/mol. The molecule has 0 radical (unpaired) electrons. The summed E-state index contributed by atoms with van der Waals surface area (Å²) in [5.74, 6) is 0.842. The number of hydrogen-bond acceptors (Lipinski definition) is 3. The average molecular weight is 181 g/mol. The van der Waals surface area contributed by atoms with E-state index in [-0.39, 0.29) is 12.6 Å². The molecule has 3 nitrogen and oxygen atoms in total. The minimum Gasteiger partial charge on any atom is -0.496 e. The number of aliphatic hydroxyl groups is 1. The SMILES string of the molecule is COc1ccc([C@@H](N)CO)cc1C. The van der Waals surface area contributed by atoms with Crippen LogP contribution in [0.5, 0.6) is 5.75 Å². The van der Waals surface area contributed by atoms with E-state index in [9.17, 15) is 0 Å². The van der Waals surface area contributed by atoms with E-state index in [1.807, 2.05) is 25.1 Å². The van der Waals surface area contributed by atoms with Crippen LogP contribution in [0.4, 0.5) is 0 Å². The molecular formula is C10H15NO2. The van der Waals surface area contributed by atoms with E-state index in [0.717, 1.165) is 16.9 Å². The fraction of sp³-hybridized carbons (Fsp3) is 0.400. The van der Waals surface area contributed by atoms with Gasteiger partial charge >= 0.3 is 0 Å². The highest BCUT2D eigenvalue weighted by molar-refractivity contribution is 5.37. The van der Waals surface area contributed by atoms with E-state index >= 15 is 0 Å². The fourth-order valence-electron chi connectivity index (χ4n) is 1.24. The van der Waals surface area contributed by atoms with Crippen LogP contribution in [0.15, 0.2) is 18.2 Å². The van der Waals surface area contributed by atoms with Gasteiger partial charge in [-0.2, -0.15) is 0 Å². The molecule has 1 aromatic carbocycles. The number of benzene rings is 1. The zero-order valence-corrected chi connectivity index (χ0v) is 7.95. The number of ether oxygens (including phenoxy) is 1. The lowest BCUT2D eigenvalue weighted by Crippen LogP contribution is -2.14. The van der Waals surface area contributed by atoms with Crippen LogP contribution < -0.4 is 10.5 Å². The number of methoxy groups -OCH3 is 1. The van der Waals surface area contributed by atoms with E-state index in [0.29, 0.717) is 0 Å². The van der Waals surface area contributed by atoms with Gasteiger partial charge in [-0.3, -0.25) is 0 Å². The van der Waals surface area contributed by atoms with Crippen molar-refractivity contribution in [3.05, 3.63) is 29.3 Å². The minimum atomic E-state index is -0.301. The Labute approximate surface area is 78.1 Å². The molecule has 0 bridgehead atoms. The largest absolute Gasteiger partial charge is 0.496 e. The molecule has 0 amide bonds. The standard InChI is InChI=1S/C10H15NO2/c1-7-5-8(9(11)6-12)3-4-10(7)13-2/h3-5,9,12H,6,11H2,1-2H3/t9-/m0/s1. The predicted molar refractivity (Wildman–Crippen MR) is 51.7 cm³/mol. The Bertz CT molecular complexity index is 286. The monoisotopic (exact) mass is 181 g/mol. The van der Waals surface area contributed by atoms with Crippen molar-refractivity contribution in [3.8, 4) is 5.75 Å². The number of hydrogen-bond donors (Lipinski definition) is 2. The van der Waals surface area contributed by atoms with Gasteiger partial charge in [-0.1, -0.05) is 12.1 Å². The zero-order valence-electron chi connectivity index (χ0n) is 7.95. The molecule has 3 heteroatoms. The van der Waals surface area contributed by atoms with Gasteiger partial charge in [0.1, 0.15) is 5.75 Å². The van der Waals surface area contributed by atoms with E-state index < -0.39 is 0 Å². The van der Waals surface area contributed by atoms with Gasteiger partial charge in [-0.25, -0.2) is 0 Å². The topological polar surface area (TPSA) is 55.5 Å². The molecule has 0 aliphatic rings. The Morgan fingerprint density at radius 2 is 2.23 bits per heavy atom. The van der Waals surface area contributed by atoms with Crippen LogP contribution in [0.25, 0.3) is 0 Å². The van der Waals surface area contributed by atoms with Crippen molar-refractivity contribution in [2.75, 3.05) is 13.7 Å². The third-order valence-electron chi connectivity index (χ3n) is 2.04. The van der Waals surface area contributed by atoms with Gasteiger partial charge < -0.3 is 15.6 Å². The van der Waals surface area contributed by atoms with Crippen LogP contribution in [0, 0.1) is 6.92 Å². The first-order valence-corrected chi connectivity index (χ1v) is 4.20. The van der Waals surface area contributed by atoms with Crippen LogP contribution in [0.3, 0.4) is 0 Å². The van der Waals surface area contributed by atoms with Crippen molar-refractivity contribution in [3.63, 3.8) is 0 Å². The number of aliphatic hydroxyl groups excluding tert-OH is 1. The van der Waals surface area contributed by atoms with Gasteiger partial charge in [0.15, 0.2) is 0 Å². The maximum absolute atomic E-state index is 8.85. The smallest absolute Gasteiger partial charge is 0.121 e. The molecule has 13 heavy (non-hydrogen) atoms. The lowest BCUT2D eigenvalue weighted by atomic mass is 10.1. The highest BCUT2D eigenvalue weighted by Gasteiger charge is 2.06. The van der Waals surface area contributed by atoms with Gasteiger partial charge in [0.05, 0.1) is 19.8 Å². The van der Waals surface area contributed by atoms with Crippen molar-refractivity contribution in [2.24, 2.45) is 5.73 Å². The van der Waals surface area contributed by atoms with Crippen LogP contribution in [-0.2, 0) is 0 Å². The Kier molecular flexibility index (Phi) is 3.28. The Morgan fingerprint density at radius 3 is 2.69 bits per heavy atom. The molecule has 0 saturated carbocycles. The maximum atomic E-state index is 8.85. The van der Waals surface area contributed by atoms with Crippen LogP contribution in [0.1, 0.15) is 17.2 Å². The van der Waals surface area contributed by atoms with Gasteiger partial charge in [0.2, 0.25) is 0 Å². The molecule has 0 heterocycles. The first kappa shape index (κ1) is 10.0.